The molecule has 8 nitrogen and oxygen atoms in total. The number of carbonyl (C=O) groups is 1. The molecule has 5 atom stereocenters. The van der Waals surface area contributed by atoms with Crippen LogP contribution in [0, 0.1) is 0 Å². The molecule has 0 aliphatic rings. The molecule has 0 rings (SSSR count). The van der Waals surface area contributed by atoms with Crippen LogP contribution in [0.15, 0.2) is 0 Å². The van der Waals surface area contributed by atoms with Gasteiger partial charge in [0.15, 0.2) is 0 Å². The lowest BCUT2D eigenvalue weighted by molar-refractivity contribution is -0.213. The summed E-state index contributed by atoms with van der Waals surface area (Å²) in [5, 5.41) is 56.6. The lowest BCUT2D eigenvalue weighted by atomic mass is 10.0. The molecule has 0 heterocycles. The maximum Gasteiger partial charge on any atom is 0.308 e. The fourth-order valence-electron chi connectivity index (χ4n) is 3.61. The molecule has 0 spiro atoms. The lowest BCUT2D eigenvalue weighted by Crippen LogP contribution is -2.50. The molecule has 0 saturated heterocycles. The highest BCUT2D eigenvalue weighted by Gasteiger charge is 2.35. The van der Waals surface area contributed by atoms with E-state index >= 15 is 0 Å². The molecule has 1 unspecified atom stereocenters. The molecule has 0 fully saturated rings. The Morgan fingerprint density at radius 2 is 1.03 bits per heavy atom. The van der Waals surface area contributed by atoms with Crippen molar-refractivity contribution in [3.63, 3.8) is 0 Å². The average Bonchev–Trinajstić information content (AvgIpc) is 2.79. The van der Waals surface area contributed by atoms with E-state index in [4.69, 9.17) is 5.11 Å². The fourth-order valence-corrected chi connectivity index (χ4v) is 3.61. The number of hydrogen-bond donors (Lipinski definition) is 6. The predicted octanol–water partition coefficient (Wildman–Crippen LogP) is 2.55. The van der Waals surface area contributed by atoms with Gasteiger partial charge in [0.1, 0.15) is 24.4 Å². The molecule has 0 amide bonds. The number of hydrogen-bond acceptors (Lipinski definition) is 8. The van der Waals surface area contributed by atoms with Crippen LogP contribution < -0.4 is 0 Å². The first-order valence-corrected chi connectivity index (χ1v) is 12.6. The predicted molar refractivity (Wildman–Crippen MR) is 123 cm³/mol. The first kappa shape index (κ1) is 31.2. The molecule has 0 aliphatic carbocycles. The Morgan fingerprint density at radius 1 is 0.625 bits per heavy atom. The molecule has 0 radical (unpaired) electrons. The van der Waals surface area contributed by atoms with Gasteiger partial charge >= 0.3 is 5.97 Å². The maximum absolute atomic E-state index is 11.7. The van der Waals surface area contributed by atoms with E-state index in [9.17, 15) is 30.3 Å². The van der Waals surface area contributed by atoms with Gasteiger partial charge in [0.05, 0.1) is 6.61 Å². The van der Waals surface area contributed by atoms with Gasteiger partial charge in [-0.25, -0.2) is 0 Å². The highest BCUT2D eigenvalue weighted by molar-refractivity contribution is 5.69. The van der Waals surface area contributed by atoms with Crippen molar-refractivity contribution < 1.29 is 40.2 Å². The summed E-state index contributed by atoms with van der Waals surface area (Å²) in [7, 11) is 0. The number of ether oxygens (including phenoxy) is 1. The van der Waals surface area contributed by atoms with Crippen molar-refractivity contribution in [2.45, 2.75) is 140 Å². The van der Waals surface area contributed by atoms with Gasteiger partial charge in [0, 0.05) is 6.42 Å². The molecule has 8 heteroatoms. The number of unbranched alkanes of at least 4 members (excludes halogenated alkanes) is 14. The van der Waals surface area contributed by atoms with Crippen molar-refractivity contribution in [2.75, 3.05) is 6.61 Å². The van der Waals surface area contributed by atoms with E-state index in [0.717, 1.165) is 19.3 Å². The van der Waals surface area contributed by atoms with Crippen LogP contribution in [-0.4, -0.2) is 73.9 Å². The normalized spacial score (nSPS) is 16.3. The van der Waals surface area contributed by atoms with Gasteiger partial charge in [-0.1, -0.05) is 96.8 Å². The van der Waals surface area contributed by atoms with Crippen LogP contribution in [-0.2, 0) is 9.53 Å². The van der Waals surface area contributed by atoms with Crippen molar-refractivity contribution in [3.05, 3.63) is 0 Å². The maximum atomic E-state index is 11.7. The van der Waals surface area contributed by atoms with Crippen LogP contribution in [0.1, 0.15) is 110 Å². The third kappa shape index (κ3) is 15.9. The summed E-state index contributed by atoms with van der Waals surface area (Å²) < 4.78 is 4.67. The summed E-state index contributed by atoms with van der Waals surface area (Å²) in [5.74, 6) is -0.712. The first-order chi connectivity index (χ1) is 15.3. The van der Waals surface area contributed by atoms with E-state index in [1.807, 2.05) is 0 Å². The number of esters is 1. The zero-order valence-corrected chi connectivity index (χ0v) is 19.9. The van der Waals surface area contributed by atoms with Crippen LogP contribution in [0.3, 0.4) is 0 Å². The van der Waals surface area contributed by atoms with Gasteiger partial charge in [-0.05, 0) is 6.42 Å². The SMILES string of the molecule is CCCCCCCCCCCCCCCCCC(=O)OC(O)[C@H](O)[C@H](O)[C@H](O)[C@H](O)CO. The Labute approximate surface area is 193 Å². The molecule has 0 aromatic carbocycles. The van der Waals surface area contributed by atoms with Crippen molar-refractivity contribution in [3.8, 4) is 0 Å². The smallest absolute Gasteiger partial charge is 0.308 e. The molecule has 192 valence electrons. The second kappa shape index (κ2) is 20.8. The second-order valence-electron chi connectivity index (χ2n) is 8.80. The van der Waals surface area contributed by atoms with E-state index < -0.39 is 43.3 Å². The van der Waals surface area contributed by atoms with Gasteiger partial charge in [-0.2, -0.15) is 0 Å². The van der Waals surface area contributed by atoms with Crippen molar-refractivity contribution in [2.24, 2.45) is 0 Å². The standard InChI is InChI=1S/C24H48O8/c1-2-3-4-5-6-7-8-9-10-11-12-13-14-15-16-17-20(27)32-24(31)23(30)22(29)21(28)19(26)18-25/h19,21-26,28-31H,2-18H2,1H3/t19-,21-,22-,23-,24?/m1/s1. The third-order valence-corrected chi connectivity index (χ3v) is 5.81. The average molecular weight is 465 g/mol. The van der Waals surface area contributed by atoms with E-state index in [1.54, 1.807) is 0 Å². The monoisotopic (exact) mass is 464 g/mol. The summed E-state index contributed by atoms with van der Waals surface area (Å²) >= 11 is 0. The molecule has 0 aliphatic heterocycles. The van der Waals surface area contributed by atoms with Gasteiger partial charge < -0.3 is 35.4 Å². The number of aliphatic hydroxyl groups is 6. The summed E-state index contributed by atoms with van der Waals surface area (Å²) in [4.78, 5) is 11.7. The summed E-state index contributed by atoms with van der Waals surface area (Å²) in [6.07, 6.45) is 8.65. The first-order valence-electron chi connectivity index (χ1n) is 12.6. The van der Waals surface area contributed by atoms with E-state index in [0.29, 0.717) is 6.42 Å². The Bertz CT molecular complexity index is 434. The Balaban J connectivity index is 3.61. The van der Waals surface area contributed by atoms with Crippen LogP contribution >= 0.6 is 0 Å². The fraction of sp³-hybridized carbons (Fsp3) is 0.958. The minimum absolute atomic E-state index is 0.0833. The largest absolute Gasteiger partial charge is 0.433 e. The molecule has 6 N–H and O–H groups in total. The molecule has 0 aromatic rings. The van der Waals surface area contributed by atoms with E-state index in [1.165, 1.54) is 70.6 Å². The van der Waals surface area contributed by atoms with Gasteiger partial charge in [-0.3, -0.25) is 4.79 Å². The molecule has 0 saturated carbocycles. The summed E-state index contributed by atoms with van der Waals surface area (Å²) in [6, 6.07) is 0. The highest BCUT2D eigenvalue weighted by Crippen LogP contribution is 2.15. The second-order valence-corrected chi connectivity index (χ2v) is 8.80. The Morgan fingerprint density at radius 3 is 1.44 bits per heavy atom. The molecule has 32 heavy (non-hydrogen) atoms. The van der Waals surface area contributed by atoms with E-state index in [-0.39, 0.29) is 6.42 Å². The topological polar surface area (TPSA) is 148 Å². The highest BCUT2D eigenvalue weighted by atomic mass is 16.6. The van der Waals surface area contributed by atoms with Crippen molar-refractivity contribution in [1.82, 2.24) is 0 Å². The van der Waals surface area contributed by atoms with Gasteiger partial charge in [0.2, 0.25) is 6.29 Å². The van der Waals surface area contributed by atoms with Gasteiger partial charge in [-0.15, -0.1) is 0 Å². The Hall–Kier alpha value is -0.770. The minimum atomic E-state index is -2.03. The number of carbonyl (C=O) groups excluding carboxylic acids is 1. The lowest BCUT2D eigenvalue weighted by Gasteiger charge is -2.28. The molecular formula is C24H48O8. The zero-order chi connectivity index (χ0) is 24.2. The molecule has 0 aromatic heterocycles. The van der Waals surface area contributed by atoms with Crippen molar-refractivity contribution >= 4 is 5.97 Å². The Kier molecular flexibility index (Phi) is 20.3. The summed E-state index contributed by atoms with van der Waals surface area (Å²) in [5.41, 5.74) is 0. The van der Waals surface area contributed by atoms with Crippen LogP contribution in [0.5, 0.6) is 0 Å². The zero-order valence-electron chi connectivity index (χ0n) is 19.9. The van der Waals surface area contributed by atoms with E-state index in [2.05, 4.69) is 11.7 Å². The number of aliphatic hydroxyl groups excluding tert-OH is 6. The van der Waals surface area contributed by atoms with Crippen LogP contribution in [0.4, 0.5) is 0 Å². The number of rotatable bonds is 22. The van der Waals surface area contributed by atoms with Crippen LogP contribution in [0.25, 0.3) is 0 Å². The summed E-state index contributed by atoms with van der Waals surface area (Å²) in [6.45, 7) is 1.41. The third-order valence-electron chi connectivity index (χ3n) is 5.81. The molecular weight excluding hydrogens is 416 g/mol. The minimum Gasteiger partial charge on any atom is -0.433 e. The quantitative estimate of drug-likeness (QED) is 0.0813. The van der Waals surface area contributed by atoms with Crippen LogP contribution in [0.2, 0.25) is 0 Å². The van der Waals surface area contributed by atoms with Gasteiger partial charge in [0.25, 0.3) is 0 Å². The van der Waals surface area contributed by atoms with Crippen molar-refractivity contribution in [1.29, 1.82) is 0 Å². The molecule has 0 bridgehead atoms.